The molecule has 1 aromatic heterocycles. The van der Waals surface area contributed by atoms with Crippen molar-refractivity contribution in [2.24, 2.45) is 0 Å². The monoisotopic (exact) mass is 392 g/mol. The first-order valence-electron chi connectivity index (χ1n) is 8.94. The first-order valence-corrected chi connectivity index (χ1v) is 10.2. The third kappa shape index (κ3) is 3.33. The van der Waals surface area contributed by atoms with Gasteiger partial charge in [-0.1, -0.05) is 79.4 Å². The maximum absolute atomic E-state index is 12.4. The molecule has 1 amide bonds. The Morgan fingerprint density at radius 3 is 2.56 bits per heavy atom. The van der Waals surface area contributed by atoms with E-state index in [9.17, 15) is 4.79 Å². The number of thiocarbonyl (C=S) groups is 1. The molecule has 2 heterocycles. The number of thioether (sulfide) groups is 1. The summed E-state index contributed by atoms with van der Waals surface area (Å²) in [6.45, 7) is 2.98. The number of aryl methyl sites for hydroxylation is 1. The van der Waals surface area contributed by atoms with Crippen LogP contribution >= 0.6 is 24.0 Å². The first kappa shape index (κ1) is 18.0. The lowest BCUT2D eigenvalue weighted by Gasteiger charge is -2.08. The Bertz CT molecular complexity index is 1070. The average molecular weight is 393 g/mol. The fourth-order valence-corrected chi connectivity index (χ4v) is 4.63. The molecule has 0 saturated carbocycles. The number of benzene rings is 2. The highest BCUT2D eigenvalue weighted by atomic mass is 32.2. The molecule has 1 aliphatic rings. The van der Waals surface area contributed by atoms with E-state index in [1.807, 2.05) is 12.1 Å². The van der Waals surface area contributed by atoms with Gasteiger partial charge in [-0.15, -0.1) is 0 Å². The molecular weight excluding hydrogens is 372 g/mol. The lowest BCUT2D eigenvalue weighted by Crippen LogP contribution is -2.22. The molecule has 0 unspecified atom stereocenters. The first-order chi connectivity index (χ1) is 13.1. The van der Waals surface area contributed by atoms with E-state index in [1.165, 1.54) is 38.7 Å². The molecule has 5 heteroatoms. The van der Waals surface area contributed by atoms with E-state index in [4.69, 9.17) is 12.2 Å². The van der Waals surface area contributed by atoms with E-state index >= 15 is 0 Å². The highest BCUT2D eigenvalue weighted by Crippen LogP contribution is 2.34. The molecule has 3 nitrogen and oxygen atoms in total. The molecule has 4 rings (SSSR count). The normalized spacial score (nSPS) is 16.1. The third-order valence-corrected chi connectivity index (χ3v) is 6.35. The van der Waals surface area contributed by atoms with Crippen LogP contribution in [-0.2, 0) is 17.8 Å². The summed E-state index contributed by atoms with van der Waals surface area (Å²) in [5, 5.41) is 1.17. The standard InChI is InChI=1S/C22H20N2OS2/c1-3-16-10-7-11-18-17(12-19-21(25)23(2)22(26)27-19)14-24(20(16)18)13-15-8-5-4-6-9-15/h4-12,14H,3,13H2,1-2H3/b19-12-. The lowest BCUT2D eigenvalue weighted by atomic mass is 10.1. The van der Waals surface area contributed by atoms with E-state index in [0.717, 1.165) is 18.5 Å². The van der Waals surface area contributed by atoms with Gasteiger partial charge in [0.05, 0.1) is 10.4 Å². The number of fused-ring (bicyclic) bond motifs is 1. The molecule has 27 heavy (non-hydrogen) atoms. The van der Waals surface area contributed by atoms with E-state index < -0.39 is 0 Å². The summed E-state index contributed by atoms with van der Waals surface area (Å²) in [5.74, 6) is -0.0272. The van der Waals surface area contributed by atoms with Crippen LogP contribution in [0, 0.1) is 0 Å². The predicted molar refractivity (Wildman–Crippen MR) is 118 cm³/mol. The molecule has 2 aromatic carbocycles. The zero-order valence-electron chi connectivity index (χ0n) is 15.3. The van der Waals surface area contributed by atoms with Crippen molar-refractivity contribution >= 4 is 51.2 Å². The number of amides is 1. The van der Waals surface area contributed by atoms with Crippen LogP contribution in [0.4, 0.5) is 0 Å². The summed E-state index contributed by atoms with van der Waals surface area (Å²) in [4.78, 5) is 14.6. The second-order valence-corrected chi connectivity index (χ2v) is 8.28. The summed E-state index contributed by atoms with van der Waals surface area (Å²) in [6.07, 6.45) is 5.09. The van der Waals surface area contributed by atoms with Gasteiger partial charge < -0.3 is 4.57 Å². The summed E-state index contributed by atoms with van der Waals surface area (Å²) in [5.41, 5.74) is 4.87. The number of carbonyl (C=O) groups is 1. The second kappa shape index (κ2) is 7.33. The fourth-order valence-electron chi connectivity index (χ4n) is 3.46. The van der Waals surface area contributed by atoms with Gasteiger partial charge in [0.2, 0.25) is 0 Å². The maximum Gasteiger partial charge on any atom is 0.265 e. The van der Waals surface area contributed by atoms with Crippen molar-refractivity contribution in [3.05, 3.63) is 76.3 Å². The molecule has 3 aromatic rings. The summed E-state index contributed by atoms with van der Waals surface area (Å²) in [7, 11) is 1.73. The van der Waals surface area contributed by atoms with E-state index in [2.05, 4.69) is 60.2 Å². The highest BCUT2D eigenvalue weighted by Gasteiger charge is 2.29. The smallest absolute Gasteiger partial charge is 0.265 e. The largest absolute Gasteiger partial charge is 0.342 e. The van der Waals surface area contributed by atoms with Crippen LogP contribution in [0.25, 0.3) is 17.0 Å². The SMILES string of the molecule is CCc1cccc2c(/C=C3\SC(=S)N(C)C3=O)cn(Cc3ccccc3)c12. The van der Waals surface area contributed by atoms with Gasteiger partial charge in [-0.05, 0) is 23.6 Å². The second-order valence-electron chi connectivity index (χ2n) is 6.61. The van der Waals surface area contributed by atoms with Gasteiger partial charge in [0.15, 0.2) is 0 Å². The Morgan fingerprint density at radius 2 is 1.89 bits per heavy atom. The number of hydrogen-bond acceptors (Lipinski definition) is 3. The molecule has 0 N–H and O–H groups in total. The molecule has 0 spiro atoms. The van der Waals surface area contributed by atoms with E-state index in [-0.39, 0.29) is 5.91 Å². The van der Waals surface area contributed by atoms with Crippen molar-refractivity contribution in [1.29, 1.82) is 0 Å². The van der Waals surface area contributed by atoms with Crippen molar-refractivity contribution in [2.75, 3.05) is 7.05 Å². The van der Waals surface area contributed by atoms with Gasteiger partial charge in [-0.3, -0.25) is 9.69 Å². The third-order valence-electron chi connectivity index (χ3n) is 4.86. The summed E-state index contributed by atoms with van der Waals surface area (Å²) in [6, 6.07) is 16.9. The van der Waals surface area contributed by atoms with Crippen LogP contribution in [0.15, 0.2) is 59.6 Å². The van der Waals surface area contributed by atoms with Crippen LogP contribution in [0.5, 0.6) is 0 Å². The topological polar surface area (TPSA) is 25.2 Å². The van der Waals surface area contributed by atoms with Gasteiger partial charge >= 0.3 is 0 Å². The Morgan fingerprint density at radius 1 is 1.11 bits per heavy atom. The Hall–Kier alpha value is -2.37. The molecule has 1 fully saturated rings. The minimum Gasteiger partial charge on any atom is -0.342 e. The zero-order chi connectivity index (χ0) is 19.0. The minimum absolute atomic E-state index is 0.0272. The van der Waals surface area contributed by atoms with Gasteiger partial charge in [0, 0.05) is 30.7 Å². The number of aromatic nitrogens is 1. The van der Waals surface area contributed by atoms with Crippen molar-refractivity contribution in [2.45, 2.75) is 19.9 Å². The van der Waals surface area contributed by atoms with Gasteiger partial charge in [-0.2, -0.15) is 0 Å². The van der Waals surface area contributed by atoms with Crippen LogP contribution in [-0.4, -0.2) is 26.7 Å². The van der Waals surface area contributed by atoms with Crippen molar-refractivity contribution < 1.29 is 4.79 Å². The van der Waals surface area contributed by atoms with E-state index in [1.54, 1.807) is 7.05 Å². The number of rotatable bonds is 4. The van der Waals surface area contributed by atoms with Crippen molar-refractivity contribution in [3.63, 3.8) is 0 Å². The van der Waals surface area contributed by atoms with Crippen LogP contribution in [0.2, 0.25) is 0 Å². The van der Waals surface area contributed by atoms with Crippen LogP contribution in [0.3, 0.4) is 0 Å². The summed E-state index contributed by atoms with van der Waals surface area (Å²) < 4.78 is 2.90. The molecule has 1 aliphatic heterocycles. The molecule has 0 radical (unpaired) electrons. The Labute approximate surface area is 168 Å². The van der Waals surface area contributed by atoms with E-state index in [0.29, 0.717) is 9.23 Å². The zero-order valence-corrected chi connectivity index (χ0v) is 16.9. The number of para-hydroxylation sites is 1. The van der Waals surface area contributed by atoms with Gasteiger partial charge in [0.1, 0.15) is 4.32 Å². The minimum atomic E-state index is -0.0272. The fraction of sp³-hybridized carbons (Fsp3) is 0.182. The molecule has 0 bridgehead atoms. The number of hydrogen-bond donors (Lipinski definition) is 0. The molecule has 136 valence electrons. The Balaban J connectivity index is 1.85. The number of carbonyl (C=O) groups excluding carboxylic acids is 1. The average Bonchev–Trinajstić information content (AvgIpc) is 3.15. The summed E-state index contributed by atoms with van der Waals surface area (Å²) >= 11 is 6.63. The number of nitrogens with zero attached hydrogens (tertiary/aromatic N) is 2. The molecule has 0 atom stereocenters. The quantitative estimate of drug-likeness (QED) is 0.457. The lowest BCUT2D eigenvalue weighted by molar-refractivity contribution is -0.121. The molecular formula is C22H20N2OS2. The number of likely N-dealkylation sites (N-methyl/N-ethyl adjacent to an activating group) is 1. The van der Waals surface area contributed by atoms with Gasteiger partial charge in [-0.25, -0.2) is 0 Å². The van der Waals surface area contributed by atoms with Crippen molar-refractivity contribution in [3.8, 4) is 0 Å². The van der Waals surface area contributed by atoms with Crippen molar-refractivity contribution in [1.82, 2.24) is 9.47 Å². The predicted octanol–water partition coefficient (Wildman–Crippen LogP) is 5.08. The maximum atomic E-state index is 12.4. The van der Waals surface area contributed by atoms with Gasteiger partial charge in [0.25, 0.3) is 5.91 Å². The van der Waals surface area contributed by atoms with Crippen LogP contribution < -0.4 is 0 Å². The molecule has 1 saturated heterocycles. The highest BCUT2D eigenvalue weighted by molar-refractivity contribution is 8.26. The molecule has 0 aliphatic carbocycles. The Kier molecular flexibility index (Phi) is 4.89. The van der Waals surface area contributed by atoms with Crippen LogP contribution in [0.1, 0.15) is 23.6 Å².